The summed E-state index contributed by atoms with van der Waals surface area (Å²) in [6, 6.07) is 18.2. The Balaban J connectivity index is 0.000000171. The van der Waals surface area contributed by atoms with E-state index >= 15 is 0 Å². The molecule has 2 saturated heterocycles. The maximum absolute atomic E-state index is 11.2. The number of aliphatic hydroxyl groups is 1. The number of carbonyl (C=O) groups excluding carboxylic acids is 2. The van der Waals surface area contributed by atoms with Gasteiger partial charge in [0, 0.05) is 0 Å². The van der Waals surface area contributed by atoms with Crippen molar-refractivity contribution in [2.75, 3.05) is 0 Å². The van der Waals surface area contributed by atoms with Crippen LogP contribution in [0.25, 0.3) is 0 Å². The Labute approximate surface area is 186 Å². The van der Waals surface area contributed by atoms with Gasteiger partial charge in [-0.15, -0.1) is 23.4 Å². The fraction of sp³-hybridized carbons (Fsp3) is 0.200. The first-order valence-electron chi connectivity index (χ1n) is 8.65. The number of carbonyl (C=O) groups is 2. The van der Waals surface area contributed by atoms with Crippen molar-refractivity contribution in [3.05, 3.63) is 70.8 Å². The fourth-order valence-corrected chi connectivity index (χ4v) is 4.93. The number of hydrogen-bond donors (Lipinski definition) is 3. The van der Waals surface area contributed by atoms with Gasteiger partial charge in [-0.05, 0) is 35.4 Å². The number of alkyl halides is 1. The molecule has 0 saturated carbocycles. The van der Waals surface area contributed by atoms with E-state index in [1.807, 2.05) is 18.2 Å². The van der Waals surface area contributed by atoms with Gasteiger partial charge in [0.05, 0.1) is 23.3 Å². The monoisotopic (exact) mass is 458 g/mol. The summed E-state index contributed by atoms with van der Waals surface area (Å²) in [5.74, 6) is -0.554. The van der Waals surface area contributed by atoms with Crippen molar-refractivity contribution in [3.8, 4) is 12.1 Å². The zero-order chi connectivity index (χ0) is 21.7. The minimum atomic E-state index is -1.01. The van der Waals surface area contributed by atoms with Gasteiger partial charge >= 0.3 is 0 Å². The van der Waals surface area contributed by atoms with Crippen molar-refractivity contribution in [2.45, 2.75) is 20.9 Å². The molecule has 4 rings (SSSR count). The van der Waals surface area contributed by atoms with E-state index in [0.29, 0.717) is 11.1 Å². The van der Waals surface area contributed by atoms with Gasteiger partial charge in [-0.2, -0.15) is 10.5 Å². The van der Waals surface area contributed by atoms with E-state index in [0.717, 1.165) is 22.9 Å². The molecule has 0 aromatic heterocycles. The van der Waals surface area contributed by atoms with Crippen molar-refractivity contribution in [1.29, 1.82) is 10.5 Å². The van der Waals surface area contributed by atoms with Crippen LogP contribution < -0.4 is 10.6 Å². The molecular weight excluding hydrogens is 444 g/mol. The van der Waals surface area contributed by atoms with Crippen LogP contribution in [0.2, 0.25) is 0 Å². The third kappa shape index (κ3) is 5.26. The Morgan fingerprint density at radius 2 is 1.37 bits per heavy atom. The highest BCUT2D eigenvalue weighted by Gasteiger charge is 2.32. The van der Waals surface area contributed by atoms with Crippen LogP contribution in [-0.4, -0.2) is 27.1 Å². The van der Waals surface area contributed by atoms with E-state index in [1.165, 1.54) is 11.8 Å². The summed E-state index contributed by atoms with van der Waals surface area (Å²) >= 11 is 8.24. The zero-order valence-electron chi connectivity index (χ0n) is 15.3. The molecule has 4 atom stereocenters. The number of halogens is 1. The smallest absolute Gasteiger partial charge is 0.260 e. The van der Waals surface area contributed by atoms with Crippen LogP contribution >= 0.6 is 35.1 Å². The van der Waals surface area contributed by atoms with E-state index in [4.69, 9.17) is 22.1 Å². The Kier molecular flexibility index (Phi) is 7.24. The molecule has 2 aromatic carbocycles. The molecule has 0 aliphatic carbocycles. The van der Waals surface area contributed by atoms with Crippen molar-refractivity contribution >= 4 is 46.9 Å². The van der Waals surface area contributed by atoms with Gasteiger partial charge in [-0.1, -0.05) is 36.0 Å². The maximum atomic E-state index is 11.2. The molecule has 2 heterocycles. The highest BCUT2D eigenvalue weighted by atomic mass is 35.5. The number of nitriles is 2. The first-order chi connectivity index (χ1) is 14.4. The fourth-order valence-electron chi connectivity index (χ4n) is 2.70. The molecule has 2 aliphatic rings. The lowest BCUT2D eigenvalue weighted by Crippen LogP contribution is -2.23. The van der Waals surface area contributed by atoms with Crippen LogP contribution in [0.1, 0.15) is 33.0 Å². The van der Waals surface area contributed by atoms with Gasteiger partial charge in [0.2, 0.25) is 5.91 Å². The van der Waals surface area contributed by atoms with Crippen molar-refractivity contribution in [3.63, 3.8) is 0 Å². The summed E-state index contributed by atoms with van der Waals surface area (Å²) in [4.78, 5) is 22.2. The van der Waals surface area contributed by atoms with Crippen LogP contribution in [0.4, 0.5) is 0 Å². The lowest BCUT2D eigenvalue weighted by molar-refractivity contribution is -0.124. The number of hydrogen-bond acceptors (Lipinski definition) is 7. The Bertz CT molecular complexity index is 969. The minimum absolute atomic E-state index is 0.145. The molecule has 2 fully saturated rings. The third-order valence-corrected chi connectivity index (χ3v) is 6.89. The predicted molar refractivity (Wildman–Crippen MR) is 115 cm³/mol. The standard InChI is InChI=1S/C10H7ClN2OS.C10H8N2O2S/c11-8-9(14)13-10(15-8)7-3-1-2-6(4-7)5-12;11-5-6-2-1-3-7(4-6)9-12-8(13)10(14)15-9/h1-4,8,10H,(H,13,14);1-4,9-10,14H,(H,12,13). The number of thioether (sulfide) groups is 2. The lowest BCUT2D eigenvalue weighted by Gasteiger charge is -2.08. The molecule has 0 bridgehead atoms. The molecule has 10 heteroatoms. The SMILES string of the molecule is N#Cc1cccc(C2NC(=O)C(Cl)S2)c1.N#Cc1cccc(C2NC(=O)C(O)S2)c1. The van der Waals surface area contributed by atoms with Crippen LogP contribution in [0.3, 0.4) is 0 Å². The van der Waals surface area contributed by atoms with Crippen LogP contribution in [0.5, 0.6) is 0 Å². The van der Waals surface area contributed by atoms with Gasteiger partial charge < -0.3 is 15.7 Å². The molecule has 2 aliphatic heterocycles. The van der Waals surface area contributed by atoms with E-state index in [1.54, 1.807) is 36.4 Å². The highest BCUT2D eigenvalue weighted by Crippen LogP contribution is 2.37. The minimum Gasteiger partial charge on any atom is -0.373 e. The summed E-state index contributed by atoms with van der Waals surface area (Å²) in [6.45, 7) is 0. The van der Waals surface area contributed by atoms with Crippen molar-refractivity contribution in [2.24, 2.45) is 0 Å². The predicted octanol–water partition coefficient (Wildman–Crippen LogP) is 2.72. The quantitative estimate of drug-likeness (QED) is 0.590. The molecular formula is C20H15ClN4O3S2. The number of aliphatic hydroxyl groups excluding tert-OH is 1. The molecule has 0 radical (unpaired) electrons. The molecule has 152 valence electrons. The summed E-state index contributed by atoms with van der Waals surface area (Å²) in [5, 5.41) is 31.7. The van der Waals surface area contributed by atoms with Crippen molar-refractivity contribution in [1.82, 2.24) is 10.6 Å². The Morgan fingerprint density at radius 1 is 0.867 bits per heavy atom. The van der Waals surface area contributed by atoms with Gasteiger partial charge in [0.1, 0.15) is 10.7 Å². The van der Waals surface area contributed by atoms with Crippen LogP contribution in [0.15, 0.2) is 48.5 Å². The van der Waals surface area contributed by atoms with E-state index in [2.05, 4.69) is 16.7 Å². The second-order valence-electron chi connectivity index (χ2n) is 6.19. The van der Waals surface area contributed by atoms with Crippen LogP contribution in [-0.2, 0) is 9.59 Å². The molecule has 2 amide bonds. The number of amides is 2. The Hall–Kier alpha value is -2.69. The summed E-state index contributed by atoms with van der Waals surface area (Å²) < 4.78 is -0.541. The molecule has 3 N–H and O–H groups in total. The largest absolute Gasteiger partial charge is 0.373 e. The first-order valence-corrected chi connectivity index (χ1v) is 11.0. The maximum Gasteiger partial charge on any atom is 0.260 e. The third-order valence-electron chi connectivity index (χ3n) is 4.13. The van der Waals surface area contributed by atoms with Gasteiger partial charge in [0.25, 0.3) is 5.91 Å². The molecule has 7 nitrogen and oxygen atoms in total. The molecule has 4 unspecified atom stereocenters. The second kappa shape index (κ2) is 9.88. The number of rotatable bonds is 2. The van der Waals surface area contributed by atoms with Gasteiger partial charge in [-0.25, -0.2) is 0 Å². The number of nitrogens with one attached hydrogen (secondary N) is 2. The molecule has 2 aromatic rings. The molecule has 0 spiro atoms. The summed E-state index contributed by atoms with van der Waals surface area (Å²) in [6.07, 6.45) is 0. The van der Waals surface area contributed by atoms with E-state index in [9.17, 15) is 14.7 Å². The van der Waals surface area contributed by atoms with Crippen LogP contribution in [0, 0.1) is 22.7 Å². The van der Waals surface area contributed by atoms with E-state index < -0.39 is 10.1 Å². The second-order valence-corrected chi connectivity index (χ2v) is 9.29. The normalized spacial score (nSPS) is 24.7. The van der Waals surface area contributed by atoms with Crippen molar-refractivity contribution < 1.29 is 14.7 Å². The molecule has 30 heavy (non-hydrogen) atoms. The highest BCUT2D eigenvalue weighted by molar-refractivity contribution is 8.02. The van der Waals surface area contributed by atoms with Gasteiger partial charge in [0.15, 0.2) is 10.1 Å². The number of benzene rings is 2. The Morgan fingerprint density at radius 3 is 1.77 bits per heavy atom. The number of nitrogens with zero attached hydrogens (tertiary/aromatic N) is 2. The zero-order valence-corrected chi connectivity index (χ0v) is 17.7. The summed E-state index contributed by atoms with van der Waals surface area (Å²) in [7, 11) is 0. The average molecular weight is 459 g/mol. The average Bonchev–Trinajstić information content (AvgIpc) is 3.29. The topological polar surface area (TPSA) is 126 Å². The van der Waals surface area contributed by atoms with E-state index in [-0.39, 0.29) is 22.6 Å². The first kappa shape index (κ1) is 22.0. The van der Waals surface area contributed by atoms with Gasteiger partial charge in [-0.3, -0.25) is 9.59 Å². The summed E-state index contributed by atoms with van der Waals surface area (Å²) in [5.41, 5.74) is 1.84. The lowest BCUT2D eigenvalue weighted by atomic mass is 10.1.